The smallest absolute Gasteiger partial charge is 0.161 e. The van der Waals surface area contributed by atoms with Gasteiger partial charge in [-0.1, -0.05) is 20.8 Å². The van der Waals surface area contributed by atoms with Gasteiger partial charge in [0.15, 0.2) is 11.6 Å². The average Bonchev–Trinajstić information content (AvgIpc) is 2.21. The lowest BCUT2D eigenvalue weighted by molar-refractivity contribution is 0.395. The van der Waals surface area contributed by atoms with Crippen LogP contribution in [0.1, 0.15) is 31.7 Å². The molecule has 0 saturated carbocycles. The van der Waals surface area contributed by atoms with Gasteiger partial charge in [0.25, 0.3) is 0 Å². The van der Waals surface area contributed by atoms with Crippen LogP contribution in [0.25, 0.3) is 0 Å². The van der Waals surface area contributed by atoms with Gasteiger partial charge in [-0.25, -0.2) is 13.2 Å². The van der Waals surface area contributed by atoms with E-state index in [1.54, 1.807) is 0 Å². The zero-order chi connectivity index (χ0) is 12.5. The molecule has 1 rings (SSSR count). The zero-order valence-electron chi connectivity index (χ0n) is 9.40. The minimum Gasteiger partial charge on any atom is -0.207 e. The Morgan fingerprint density at radius 1 is 0.938 bits per heavy atom. The Morgan fingerprint density at radius 3 is 1.94 bits per heavy atom. The van der Waals surface area contributed by atoms with Crippen molar-refractivity contribution in [1.29, 1.82) is 0 Å². The van der Waals surface area contributed by atoms with Crippen molar-refractivity contribution in [3.8, 4) is 0 Å². The van der Waals surface area contributed by atoms with Crippen molar-refractivity contribution in [2.75, 3.05) is 0 Å². The molecule has 0 spiro atoms. The van der Waals surface area contributed by atoms with E-state index in [0.717, 1.165) is 6.07 Å². The molecule has 2 atom stereocenters. The maximum atomic E-state index is 13.4. The van der Waals surface area contributed by atoms with E-state index in [1.165, 1.54) is 0 Å². The molecule has 0 bridgehead atoms. The van der Waals surface area contributed by atoms with E-state index >= 15 is 0 Å². The highest BCUT2D eigenvalue weighted by molar-refractivity contribution is 6.21. The van der Waals surface area contributed by atoms with Crippen LogP contribution in [0.15, 0.2) is 12.1 Å². The molecule has 0 aliphatic carbocycles. The fourth-order valence-corrected chi connectivity index (χ4v) is 1.83. The number of hydrogen-bond donors (Lipinski definition) is 0. The molecular weight excluding hydrogens is 237 g/mol. The van der Waals surface area contributed by atoms with Crippen LogP contribution in [0.4, 0.5) is 13.2 Å². The maximum absolute atomic E-state index is 13.4. The third-order valence-corrected chi connectivity index (χ3v) is 3.48. The van der Waals surface area contributed by atoms with Gasteiger partial charge in [-0.05, 0) is 17.9 Å². The lowest BCUT2D eigenvalue weighted by Gasteiger charge is -2.22. The maximum Gasteiger partial charge on any atom is 0.161 e. The van der Waals surface area contributed by atoms with Crippen molar-refractivity contribution in [3.63, 3.8) is 0 Å². The highest BCUT2D eigenvalue weighted by Crippen LogP contribution is 2.35. The molecule has 0 heterocycles. The van der Waals surface area contributed by atoms with Crippen LogP contribution in [-0.2, 0) is 0 Å². The Hall–Kier alpha value is -0.700. The topological polar surface area (TPSA) is 0 Å². The predicted molar refractivity (Wildman–Crippen MR) is 58.9 cm³/mol. The third kappa shape index (κ3) is 2.70. The summed E-state index contributed by atoms with van der Waals surface area (Å²) in [6.45, 7) is 5.73. The first kappa shape index (κ1) is 13.4. The molecule has 1 aromatic carbocycles. The number of halogens is 4. The van der Waals surface area contributed by atoms with Crippen molar-refractivity contribution in [2.45, 2.75) is 26.1 Å². The molecule has 0 N–H and O–H groups in total. The van der Waals surface area contributed by atoms with Crippen molar-refractivity contribution in [1.82, 2.24) is 0 Å². The Balaban J connectivity index is 3.08. The van der Waals surface area contributed by atoms with E-state index in [2.05, 4.69) is 0 Å². The van der Waals surface area contributed by atoms with Gasteiger partial charge < -0.3 is 0 Å². The highest BCUT2D eigenvalue weighted by atomic mass is 35.5. The summed E-state index contributed by atoms with van der Waals surface area (Å²) >= 11 is 6.05. The average molecular weight is 251 g/mol. The second-order valence-electron chi connectivity index (χ2n) is 4.29. The monoisotopic (exact) mass is 250 g/mol. The molecule has 2 unspecified atom stereocenters. The fraction of sp³-hybridized carbons (Fsp3) is 0.500. The summed E-state index contributed by atoms with van der Waals surface area (Å²) in [6, 6.07) is 1.37. The molecular formula is C12H14ClF3. The second-order valence-corrected chi connectivity index (χ2v) is 4.76. The molecule has 0 nitrogen and oxygen atoms in total. The van der Waals surface area contributed by atoms with Crippen molar-refractivity contribution in [2.24, 2.45) is 11.8 Å². The van der Waals surface area contributed by atoms with Crippen LogP contribution in [0.5, 0.6) is 0 Å². The zero-order valence-corrected chi connectivity index (χ0v) is 10.2. The Labute approximate surface area is 98.4 Å². The molecule has 0 saturated heterocycles. The van der Waals surface area contributed by atoms with E-state index in [0.29, 0.717) is 6.07 Å². The molecule has 1 aromatic rings. The summed E-state index contributed by atoms with van der Waals surface area (Å²) < 4.78 is 39.1. The van der Waals surface area contributed by atoms with Crippen molar-refractivity contribution in [3.05, 3.63) is 35.1 Å². The van der Waals surface area contributed by atoms with E-state index in [1.807, 2.05) is 20.8 Å². The first-order chi connectivity index (χ1) is 7.34. The highest BCUT2D eigenvalue weighted by Gasteiger charge is 2.24. The van der Waals surface area contributed by atoms with Crippen molar-refractivity contribution < 1.29 is 13.2 Å². The van der Waals surface area contributed by atoms with Gasteiger partial charge in [0, 0.05) is 11.6 Å². The van der Waals surface area contributed by atoms with E-state index < -0.39 is 22.8 Å². The number of rotatable bonds is 3. The lowest BCUT2D eigenvalue weighted by atomic mass is 9.90. The number of alkyl halides is 1. The van der Waals surface area contributed by atoms with Crippen LogP contribution in [0.2, 0.25) is 0 Å². The first-order valence-corrected chi connectivity index (χ1v) is 5.56. The fourth-order valence-electron chi connectivity index (χ4n) is 1.37. The third-order valence-electron chi connectivity index (χ3n) is 2.85. The summed E-state index contributed by atoms with van der Waals surface area (Å²) in [4.78, 5) is 0. The molecule has 0 aliphatic heterocycles. The lowest BCUT2D eigenvalue weighted by Crippen LogP contribution is -2.12. The molecule has 0 fully saturated rings. The van der Waals surface area contributed by atoms with E-state index in [9.17, 15) is 13.2 Å². The summed E-state index contributed by atoms with van der Waals surface area (Å²) in [5, 5.41) is -0.657. The summed E-state index contributed by atoms with van der Waals surface area (Å²) in [6.07, 6.45) is 0. The van der Waals surface area contributed by atoms with Crippen LogP contribution in [-0.4, -0.2) is 0 Å². The van der Waals surface area contributed by atoms with Crippen LogP contribution < -0.4 is 0 Å². The van der Waals surface area contributed by atoms with Crippen LogP contribution in [0, 0.1) is 29.3 Å². The van der Waals surface area contributed by atoms with Crippen LogP contribution in [0.3, 0.4) is 0 Å². The largest absolute Gasteiger partial charge is 0.207 e. The summed E-state index contributed by atoms with van der Waals surface area (Å²) in [5.74, 6) is -2.86. The predicted octanol–water partition coefficient (Wildman–Crippen LogP) is 4.68. The van der Waals surface area contributed by atoms with Crippen molar-refractivity contribution >= 4 is 11.6 Å². The summed E-state index contributed by atoms with van der Waals surface area (Å²) in [7, 11) is 0. The first-order valence-electron chi connectivity index (χ1n) is 5.13. The van der Waals surface area contributed by atoms with E-state index in [4.69, 9.17) is 11.6 Å². The minimum absolute atomic E-state index is 0.0155. The summed E-state index contributed by atoms with van der Waals surface area (Å²) in [5.41, 5.74) is 0.0155. The SMILES string of the molecule is CC(C)C(C)C(Cl)c1cc(F)c(F)cc1F. The molecule has 0 aliphatic rings. The van der Waals surface area contributed by atoms with Gasteiger partial charge in [-0.15, -0.1) is 11.6 Å². The molecule has 4 heteroatoms. The Bertz CT molecular complexity index is 377. The Kier molecular flexibility index (Phi) is 4.25. The van der Waals surface area contributed by atoms with Gasteiger partial charge >= 0.3 is 0 Å². The molecule has 90 valence electrons. The molecule has 0 radical (unpaired) electrons. The molecule has 0 amide bonds. The minimum atomic E-state index is -1.19. The molecule has 0 aromatic heterocycles. The second kappa shape index (κ2) is 5.09. The molecule has 16 heavy (non-hydrogen) atoms. The van der Waals surface area contributed by atoms with E-state index in [-0.39, 0.29) is 17.4 Å². The van der Waals surface area contributed by atoms with Gasteiger partial charge in [0.2, 0.25) is 0 Å². The standard InChI is InChI=1S/C12H14ClF3/c1-6(2)7(3)12(13)8-4-10(15)11(16)5-9(8)14/h4-7,12H,1-3H3. The van der Waals surface area contributed by atoms with Gasteiger partial charge in [0.1, 0.15) is 5.82 Å². The van der Waals surface area contributed by atoms with Gasteiger partial charge in [-0.2, -0.15) is 0 Å². The normalized spacial score (nSPS) is 15.2. The number of benzene rings is 1. The van der Waals surface area contributed by atoms with Gasteiger partial charge in [0.05, 0.1) is 5.38 Å². The number of hydrogen-bond acceptors (Lipinski definition) is 0. The quantitative estimate of drug-likeness (QED) is 0.540. The van der Waals surface area contributed by atoms with Gasteiger partial charge in [-0.3, -0.25) is 0 Å². The van der Waals surface area contributed by atoms with Crippen LogP contribution >= 0.6 is 11.6 Å². The Morgan fingerprint density at radius 2 is 1.44 bits per heavy atom.